The van der Waals surface area contributed by atoms with Crippen LogP contribution in [0.15, 0.2) is 36.4 Å². The van der Waals surface area contributed by atoms with Crippen molar-refractivity contribution in [3.8, 4) is 0 Å². The Balaban J connectivity index is 0.000000673. The molecule has 0 fully saturated rings. The minimum atomic E-state index is 0.750. The van der Waals surface area contributed by atoms with Crippen LogP contribution >= 0.6 is 11.3 Å². The number of nitrogens with zero attached hydrogens (tertiary/aromatic N) is 1. The third-order valence-corrected chi connectivity index (χ3v) is 2.63. The van der Waals surface area contributed by atoms with Gasteiger partial charge in [0.2, 0.25) is 0 Å². The molecule has 1 aromatic heterocycles. The Morgan fingerprint density at radius 3 is 2.62 bits per heavy atom. The van der Waals surface area contributed by atoms with Crippen molar-refractivity contribution in [2.75, 3.05) is 6.54 Å². The van der Waals surface area contributed by atoms with E-state index < -0.39 is 0 Å². The van der Waals surface area contributed by atoms with Crippen LogP contribution in [0.1, 0.15) is 24.4 Å². The van der Waals surface area contributed by atoms with Crippen LogP contribution in [0.25, 0.3) is 5.57 Å². The highest BCUT2D eigenvalue weighted by Gasteiger charge is 2.03. The van der Waals surface area contributed by atoms with Gasteiger partial charge in [-0.25, -0.2) is 4.98 Å². The van der Waals surface area contributed by atoms with Crippen LogP contribution in [0.4, 0.5) is 0 Å². The molecule has 0 unspecified atom stereocenters. The molecular weight excluding hydrogens is 216 g/mol. The molecule has 0 amide bonds. The van der Waals surface area contributed by atoms with Crippen molar-refractivity contribution < 1.29 is 0 Å². The summed E-state index contributed by atoms with van der Waals surface area (Å²) in [5.41, 5.74) is 8.97. The Morgan fingerprint density at radius 1 is 1.62 bits per heavy atom. The summed E-state index contributed by atoms with van der Waals surface area (Å²) in [7, 11) is 0. The van der Waals surface area contributed by atoms with Gasteiger partial charge >= 0.3 is 0 Å². The zero-order valence-corrected chi connectivity index (χ0v) is 11.1. The summed E-state index contributed by atoms with van der Waals surface area (Å²) in [5, 5.41) is 0. The maximum atomic E-state index is 4.85. The zero-order valence-electron chi connectivity index (χ0n) is 10.2. The number of hydrogen-bond donors (Lipinski definition) is 1. The average molecular weight is 236 g/mol. The van der Waals surface area contributed by atoms with Gasteiger partial charge in [-0.15, -0.1) is 11.3 Å². The number of thiazole rings is 1. The summed E-state index contributed by atoms with van der Waals surface area (Å²) in [5.74, 6) is 0. The van der Waals surface area contributed by atoms with Crippen LogP contribution in [-0.2, 0) is 0 Å². The van der Waals surface area contributed by atoms with Gasteiger partial charge in [-0.1, -0.05) is 37.8 Å². The SMILES string of the molecule is C=C/C=C(\C=C/C)c1scnc1C.CCN. The van der Waals surface area contributed by atoms with Gasteiger partial charge in [-0.05, 0) is 26.0 Å². The highest BCUT2D eigenvalue weighted by atomic mass is 32.1. The van der Waals surface area contributed by atoms with Crippen LogP contribution in [0, 0.1) is 6.92 Å². The average Bonchev–Trinajstić information content (AvgIpc) is 2.65. The molecule has 88 valence electrons. The summed E-state index contributed by atoms with van der Waals surface area (Å²) in [6.07, 6.45) is 7.89. The first kappa shape index (κ1) is 14.8. The quantitative estimate of drug-likeness (QED) is 0.815. The van der Waals surface area contributed by atoms with E-state index in [2.05, 4.69) is 17.6 Å². The molecule has 0 atom stereocenters. The predicted molar refractivity (Wildman–Crippen MR) is 74.6 cm³/mol. The maximum Gasteiger partial charge on any atom is 0.0801 e. The van der Waals surface area contributed by atoms with Crippen molar-refractivity contribution in [3.05, 3.63) is 47.0 Å². The van der Waals surface area contributed by atoms with Gasteiger partial charge < -0.3 is 5.73 Å². The fourth-order valence-corrected chi connectivity index (χ4v) is 1.90. The lowest BCUT2D eigenvalue weighted by atomic mass is 10.1. The lowest BCUT2D eigenvalue weighted by Gasteiger charge is -1.97. The molecule has 0 saturated carbocycles. The van der Waals surface area contributed by atoms with Gasteiger partial charge in [0.1, 0.15) is 0 Å². The summed E-state index contributed by atoms with van der Waals surface area (Å²) >= 11 is 1.66. The smallest absolute Gasteiger partial charge is 0.0801 e. The van der Waals surface area contributed by atoms with E-state index in [1.165, 1.54) is 10.5 Å². The molecule has 2 N–H and O–H groups in total. The third-order valence-electron chi connectivity index (χ3n) is 1.65. The number of nitrogens with two attached hydrogens (primary N) is 1. The van der Waals surface area contributed by atoms with Gasteiger partial charge in [-0.3, -0.25) is 0 Å². The minimum Gasteiger partial charge on any atom is -0.331 e. The van der Waals surface area contributed by atoms with Gasteiger partial charge in [0, 0.05) is 0 Å². The van der Waals surface area contributed by atoms with E-state index in [1.54, 1.807) is 17.4 Å². The van der Waals surface area contributed by atoms with Crippen LogP contribution < -0.4 is 5.73 Å². The van der Waals surface area contributed by atoms with Crippen LogP contribution in [0.5, 0.6) is 0 Å². The number of hydrogen-bond acceptors (Lipinski definition) is 3. The Hall–Kier alpha value is -1.19. The largest absolute Gasteiger partial charge is 0.331 e. The van der Waals surface area contributed by atoms with Gasteiger partial charge in [0.25, 0.3) is 0 Å². The van der Waals surface area contributed by atoms with Crippen molar-refractivity contribution in [1.82, 2.24) is 4.98 Å². The predicted octanol–water partition coefficient (Wildman–Crippen LogP) is 3.56. The second-order valence-electron chi connectivity index (χ2n) is 3.03. The Bertz CT molecular complexity index is 362. The minimum absolute atomic E-state index is 0.750. The molecule has 1 rings (SSSR count). The summed E-state index contributed by atoms with van der Waals surface area (Å²) in [6.45, 7) is 10.4. The van der Waals surface area contributed by atoms with Crippen molar-refractivity contribution in [2.24, 2.45) is 5.73 Å². The highest BCUT2D eigenvalue weighted by molar-refractivity contribution is 7.11. The Morgan fingerprint density at radius 2 is 2.25 bits per heavy atom. The van der Waals surface area contributed by atoms with E-state index in [0.717, 1.165) is 12.2 Å². The Labute approximate surface area is 102 Å². The van der Waals surface area contributed by atoms with Gasteiger partial charge in [0.15, 0.2) is 0 Å². The van der Waals surface area contributed by atoms with E-state index in [-0.39, 0.29) is 0 Å². The van der Waals surface area contributed by atoms with E-state index in [4.69, 9.17) is 5.73 Å². The molecular formula is C13H20N2S. The second-order valence-corrected chi connectivity index (χ2v) is 3.89. The molecule has 0 aliphatic rings. The number of rotatable bonds is 3. The lowest BCUT2D eigenvalue weighted by molar-refractivity contribution is 1.14. The first-order chi connectivity index (χ1) is 7.71. The van der Waals surface area contributed by atoms with Crippen molar-refractivity contribution in [3.63, 3.8) is 0 Å². The first-order valence-corrected chi connectivity index (χ1v) is 6.15. The fraction of sp³-hybridized carbons (Fsp3) is 0.308. The van der Waals surface area contributed by atoms with Crippen molar-refractivity contribution >= 4 is 16.9 Å². The number of allylic oxidation sites excluding steroid dienone is 5. The number of aryl methyl sites for hydroxylation is 1. The molecule has 1 heterocycles. The normalized spacial score (nSPS) is 11.1. The fourth-order valence-electron chi connectivity index (χ4n) is 1.09. The molecule has 0 bridgehead atoms. The molecule has 0 aromatic carbocycles. The van der Waals surface area contributed by atoms with Crippen LogP contribution in [-0.4, -0.2) is 11.5 Å². The third kappa shape index (κ3) is 5.05. The summed E-state index contributed by atoms with van der Waals surface area (Å²) in [6, 6.07) is 0. The molecule has 0 aliphatic carbocycles. The monoisotopic (exact) mass is 236 g/mol. The highest BCUT2D eigenvalue weighted by Crippen LogP contribution is 2.23. The molecule has 3 heteroatoms. The zero-order chi connectivity index (χ0) is 12.4. The van der Waals surface area contributed by atoms with Crippen molar-refractivity contribution in [2.45, 2.75) is 20.8 Å². The Kier molecular flexibility index (Phi) is 8.39. The number of aromatic nitrogens is 1. The van der Waals surface area contributed by atoms with Crippen LogP contribution in [0.3, 0.4) is 0 Å². The first-order valence-electron chi connectivity index (χ1n) is 5.27. The maximum absolute atomic E-state index is 4.85. The lowest BCUT2D eigenvalue weighted by Crippen LogP contribution is -1.87. The van der Waals surface area contributed by atoms with E-state index in [9.17, 15) is 0 Å². The summed E-state index contributed by atoms with van der Waals surface area (Å²) < 4.78 is 0. The molecule has 0 aliphatic heterocycles. The van der Waals surface area contributed by atoms with Crippen molar-refractivity contribution in [1.29, 1.82) is 0 Å². The van der Waals surface area contributed by atoms with Gasteiger partial charge in [0.05, 0.1) is 16.1 Å². The molecule has 0 saturated heterocycles. The van der Waals surface area contributed by atoms with Crippen LogP contribution in [0.2, 0.25) is 0 Å². The molecule has 0 radical (unpaired) electrons. The molecule has 16 heavy (non-hydrogen) atoms. The standard InChI is InChI=1S/C11H13NS.C2H7N/c1-4-6-10(7-5-2)11-9(3)12-8-13-11;1-2-3/h4-8H,1H2,2-3H3;2-3H2,1H3/b7-5-,10-6+;. The molecule has 0 spiro atoms. The topological polar surface area (TPSA) is 38.9 Å². The van der Waals surface area contributed by atoms with E-state index >= 15 is 0 Å². The van der Waals surface area contributed by atoms with Gasteiger partial charge in [-0.2, -0.15) is 0 Å². The van der Waals surface area contributed by atoms with E-state index in [1.807, 2.05) is 38.4 Å². The second kappa shape index (κ2) is 9.07. The summed E-state index contributed by atoms with van der Waals surface area (Å²) in [4.78, 5) is 5.43. The molecule has 2 nitrogen and oxygen atoms in total. The molecule has 1 aromatic rings. The van der Waals surface area contributed by atoms with E-state index in [0.29, 0.717) is 0 Å².